The van der Waals surface area contributed by atoms with Gasteiger partial charge in [-0.2, -0.15) is 5.10 Å². The van der Waals surface area contributed by atoms with E-state index in [0.717, 1.165) is 4.88 Å². The van der Waals surface area contributed by atoms with E-state index in [1.165, 1.54) is 17.7 Å². The van der Waals surface area contributed by atoms with E-state index in [-0.39, 0.29) is 18.6 Å². The van der Waals surface area contributed by atoms with Crippen LogP contribution < -0.4 is 5.32 Å². The van der Waals surface area contributed by atoms with Crippen molar-refractivity contribution in [1.82, 2.24) is 20.5 Å². The molecule has 2 heterocycles. The van der Waals surface area contributed by atoms with E-state index in [1.807, 2.05) is 6.92 Å². The zero-order valence-corrected chi connectivity index (χ0v) is 11.0. The molecular formula is C12H12N4O2S. The van der Waals surface area contributed by atoms with Gasteiger partial charge in [-0.3, -0.25) is 9.89 Å². The lowest BCUT2D eigenvalue weighted by Gasteiger charge is -2.09. The number of aliphatic hydroxyl groups is 1. The molecular weight excluding hydrogens is 264 g/mol. The van der Waals surface area contributed by atoms with E-state index in [4.69, 9.17) is 5.11 Å². The van der Waals surface area contributed by atoms with Gasteiger partial charge < -0.3 is 10.4 Å². The van der Waals surface area contributed by atoms with Crippen molar-refractivity contribution in [2.45, 2.75) is 13.0 Å². The van der Waals surface area contributed by atoms with Crippen LogP contribution in [-0.2, 0) is 0 Å². The summed E-state index contributed by atoms with van der Waals surface area (Å²) in [5.41, 5.74) is 0.540. The van der Waals surface area contributed by atoms with E-state index in [9.17, 15) is 4.79 Å². The first kappa shape index (κ1) is 13.3. The minimum atomic E-state index is -0.248. The van der Waals surface area contributed by atoms with Crippen LogP contribution in [0.2, 0.25) is 0 Å². The van der Waals surface area contributed by atoms with Crippen LogP contribution in [0.25, 0.3) is 0 Å². The molecule has 0 saturated heterocycles. The number of nitrogens with one attached hydrogen (secondary N) is 2. The molecule has 0 aliphatic heterocycles. The number of amides is 1. The molecule has 6 nitrogen and oxygen atoms in total. The number of rotatable bonds is 3. The lowest BCUT2D eigenvalue weighted by Crippen LogP contribution is -2.27. The predicted molar refractivity (Wildman–Crippen MR) is 70.5 cm³/mol. The molecule has 2 rings (SSSR count). The number of aromatic nitrogens is 3. The van der Waals surface area contributed by atoms with Gasteiger partial charge in [-0.15, -0.1) is 11.3 Å². The molecule has 0 aliphatic carbocycles. The molecule has 1 amide bonds. The van der Waals surface area contributed by atoms with Gasteiger partial charge in [-0.25, -0.2) is 4.98 Å². The molecule has 3 N–H and O–H groups in total. The summed E-state index contributed by atoms with van der Waals surface area (Å²) in [7, 11) is 0. The average molecular weight is 276 g/mol. The summed E-state index contributed by atoms with van der Waals surface area (Å²) in [5.74, 6) is 5.71. The van der Waals surface area contributed by atoms with Crippen LogP contribution in [0.5, 0.6) is 0 Å². The summed E-state index contributed by atoms with van der Waals surface area (Å²) >= 11 is 1.36. The largest absolute Gasteiger partial charge is 0.384 e. The monoisotopic (exact) mass is 276 g/mol. The molecule has 0 radical (unpaired) electrons. The zero-order chi connectivity index (χ0) is 13.7. The maximum absolute atomic E-state index is 12.0. The second kappa shape index (κ2) is 6.13. The van der Waals surface area contributed by atoms with Gasteiger partial charge in [0.05, 0.1) is 16.5 Å². The summed E-state index contributed by atoms with van der Waals surface area (Å²) in [6.07, 6.45) is 1.39. The van der Waals surface area contributed by atoms with Crippen LogP contribution in [0.4, 0.5) is 0 Å². The molecule has 2 aromatic heterocycles. The Bertz CT molecular complexity index is 609. The van der Waals surface area contributed by atoms with Gasteiger partial charge in [0, 0.05) is 5.38 Å². The van der Waals surface area contributed by atoms with Crippen LogP contribution in [-0.4, -0.2) is 32.8 Å². The average Bonchev–Trinajstić information content (AvgIpc) is 3.07. The second-order valence-electron chi connectivity index (χ2n) is 3.73. The fourth-order valence-corrected chi connectivity index (χ4v) is 2.17. The van der Waals surface area contributed by atoms with Crippen molar-refractivity contribution in [2.24, 2.45) is 0 Å². The third kappa shape index (κ3) is 3.40. The molecule has 7 heteroatoms. The smallest absolute Gasteiger partial charge is 0.252 e. The molecule has 98 valence electrons. The molecule has 1 atom stereocenters. The molecule has 0 bridgehead atoms. The Hall–Kier alpha value is -2.17. The minimum absolute atomic E-state index is 0.193. The van der Waals surface area contributed by atoms with Gasteiger partial charge in [0.25, 0.3) is 5.91 Å². The van der Waals surface area contributed by atoms with Gasteiger partial charge >= 0.3 is 0 Å². The fourth-order valence-electron chi connectivity index (χ4n) is 1.42. The number of thiophene rings is 1. The molecule has 1 unspecified atom stereocenters. The van der Waals surface area contributed by atoms with Crippen molar-refractivity contribution in [3.63, 3.8) is 0 Å². The fraction of sp³-hybridized carbons (Fsp3) is 0.250. The molecule has 2 aromatic rings. The van der Waals surface area contributed by atoms with E-state index in [0.29, 0.717) is 11.4 Å². The van der Waals surface area contributed by atoms with Crippen molar-refractivity contribution in [3.05, 3.63) is 34.0 Å². The number of carbonyl (C=O) groups is 1. The molecule has 19 heavy (non-hydrogen) atoms. The Morgan fingerprint density at radius 2 is 2.53 bits per heavy atom. The van der Waals surface area contributed by atoms with Crippen molar-refractivity contribution >= 4 is 17.2 Å². The third-order valence-electron chi connectivity index (χ3n) is 2.34. The number of H-pyrrole nitrogens is 1. The predicted octanol–water partition coefficient (Wildman–Crippen LogP) is 0.701. The summed E-state index contributed by atoms with van der Waals surface area (Å²) in [5, 5.41) is 19.6. The van der Waals surface area contributed by atoms with E-state index < -0.39 is 0 Å². The normalized spacial score (nSPS) is 11.5. The number of hydrogen-bond donors (Lipinski definition) is 3. The number of hydrogen-bond acceptors (Lipinski definition) is 5. The molecule has 0 spiro atoms. The van der Waals surface area contributed by atoms with Crippen molar-refractivity contribution in [3.8, 4) is 11.8 Å². The Morgan fingerprint density at radius 1 is 1.68 bits per heavy atom. The summed E-state index contributed by atoms with van der Waals surface area (Å²) in [6, 6.07) is 1.44. The highest BCUT2D eigenvalue weighted by molar-refractivity contribution is 7.10. The lowest BCUT2D eigenvalue weighted by atomic mass is 10.2. The van der Waals surface area contributed by atoms with E-state index in [1.54, 1.807) is 11.4 Å². The Kier molecular flexibility index (Phi) is 4.28. The maximum Gasteiger partial charge on any atom is 0.252 e. The van der Waals surface area contributed by atoms with Crippen LogP contribution >= 0.6 is 11.3 Å². The van der Waals surface area contributed by atoms with Gasteiger partial charge in [0.15, 0.2) is 0 Å². The lowest BCUT2D eigenvalue weighted by molar-refractivity contribution is 0.0939. The first-order valence-corrected chi connectivity index (χ1v) is 6.43. The topological polar surface area (TPSA) is 90.9 Å². The number of nitrogens with zero attached hydrogens (tertiary/aromatic N) is 2. The second-order valence-corrected chi connectivity index (χ2v) is 4.64. The van der Waals surface area contributed by atoms with Gasteiger partial charge in [0.1, 0.15) is 18.8 Å². The summed E-state index contributed by atoms with van der Waals surface area (Å²) in [6.45, 7) is 1.62. The standard InChI is InChI=1S/C12H12N4O2S/c1-8(11-13-7-14-16-11)15-12(18)9-5-10(19-6-9)3-2-4-17/h5-8,17H,4H2,1H3,(H,15,18)(H,13,14,16). The molecule has 0 aromatic carbocycles. The first-order chi connectivity index (χ1) is 9.20. The minimum Gasteiger partial charge on any atom is -0.384 e. The van der Waals surface area contributed by atoms with Crippen molar-refractivity contribution < 1.29 is 9.90 Å². The maximum atomic E-state index is 12.0. The highest BCUT2D eigenvalue weighted by atomic mass is 32.1. The Balaban J connectivity index is 2.02. The Labute approximate surface area is 113 Å². The number of carbonyl (C=O) groups excluding carboxylic acids is 1. The van der Waals surface area contributed by atoms with Gasteiger partial charge in [-0.1, -0.05) is 11.8 Å². The Morgan fingerprint density at radius 3 is 3.21 bits per heavy atom. The quantitative estimate of drug-likeness (QED) is 0.720. The highest BCUT2D eigenvalue weighted by Crippen LogP contribution is 2.14. The zero-order valence-electron chi connectivity index (χ0n) is 10.2. The van der Waals surface area contributed by atoms with E-state index >= 15 is 0 Å². The third-order valence-corrected chi connectivity index (χ3v) is 3.19. The van der Waals surface area contributed by atoms with E-state index in [2.05, 4.69) is 32.3 Å². The van der Waals surface area contributed by atoms with Crippen LogP contribution in [0.1, 0.15) is 34.0 Å². The summed E-state index contributed by atoms with van der Waals surface area (Å²) < 4.78 is 0. The van der Waals surface area contributed by atoms with Crippen LogP contribution in [0, 0.1) is 11.8 Å². The summed E-state index contributed by atoms with van der Waals surface area (Å²) in [4.78, 5) is 16.7. The van der Waals surface area contributed by atoms with Gasteiger partial charge in [0.2, 0.25) is 0 Å². The highest BCUT2D eigenvalue weighted by Gasteiger charge is 2.14. The van der Waals surface area contributed by atoms with Crippen molar-refractivity contribution in [2.75, 3.05) is 6.61 Å². The molecule has 0 saturated carbocycles. The van der Waals surface area contributed by atoms with Crippen LogP contribution in [0.3, 0.4) is 0 Å². The SMILES string of the molecule is CC(NC(=O)c1csc(C#CCO)c1)c1ncn[nH]1. The number of aromatic amines is 1. The van der Waals surface area contributed by atoms with Crippen molar-refractivity contribution in [1.29, 1.82) is 0 Å². The van der Waals surface area contributed by atoms with Crippen LogP contribution in [0.15, 0.2) is 17.8 Å². The van der Waals surface area contributed by atoms with Gasteiger partial charge in [-0.05, 0) is 13.0 Å². The first-order valence-electron chi connectivity index (χ1n) is 5.55. The molecule has 0 aliphatic rings. The number of aliphatic hydroxyl groups excluding tert-OH is 1. The molecule has 0 fully saturated rings.